The first-order valence-electron chi connectivity index (χ1n) is 7.14. The maximum atomic E-state index is 5.50. The molecule has 1 N–H and O–H groups in total. The highest BCUT2D eigenvalue weighted by Crippen LogP contribution is 2.34. The van der Waals surface area contributed by atoms with Gasteiger partial charge < -0.3 is 10.1 Å². The monoisotopic (exact) mass is 327 g/mol. The molecule has 0 fully saturated rings. The SMILES string of the molecule is CCNCC(CC)(CC)Cc1cc(Br)ccc1OC. The molecule has 108 valence electrons. The zero-order valence-corrected chi connectivity index (χ0v) is 14.1. The summed E-state index contributed by atoms with van der Waals surface area (Å²) in [5.74, 6) is 0.992. The summed E-state index contributed by atoms with van der Waals surface area (Å²) >= 11 is 3.56. The topological polar surface area (TPSA) is 21.3 Å². The Morgan fingerprint density at radius 1 is 1.21 bits per heavy atom. The van der Waals surface area contributed by atoms with E-state index in [0.717, 1.165) is 29.7 Å². The van der Waals surface area contributed by atoms with Crippen LogP contribution in [0.2, 0.25) is 0 Å². The number of hydrogen-bond acceptors (Lipinski definition) is 2. The van der Waals surface area contributed by atoms with Gasteiger partial charge in [-0.15, -0.1) is 0 Å². The minimum Gasteiger partial charge on any atom is -0.496 e. The van der Waals surface area contributed by atoms with Crippen LogP contribution in [0.25, 0.3) is 0 Å². The van der Waals surface area contributed by atoms with Crippen molar-refractivity contribution >= 4 is 15.9 Å². The predicted octanol–water partition coefficient (Wildman–Crippen LogP) is 4.42. The Morgan fingerprint density at radius 2 is 1.89 bits per heavy atom. The lowest BCUT2D eigenvalue weighted by Crippen LogP contribution is -2.35. The van der Waals surface area contributed by atoms with E-state index in [-0.39, 0.29) is 0 Å². The van der Waals surface area contributed by atoms with E-state index in [1.807, 2.05) is 12.1 Å². The minimum atomic E-state index is 0.310. The molecule has 0 amide bonds. The van der Waals surface area contributed by atoms with Gasteiger partial charge in [0.2, 0.25) is 0 Å². The molecule has 19 heavy (non-hydrogen) atoms. The maximum absolute atomic E-state index is 5.50. The third kappa shape index (κ3) is 4.50. The highest BCUT2D eigenvalue weighted by atomic mass is 79.9. The average molecular weight is 328 g/mol. The molecular weight excluding hydrogens is 302 g/mol. The number of methoxy groups -OCH3 is 1. The van der Waals surface area contributed by atoms with Gasteiger partial charge >= 0.3 is 0 Å². The molecule has 0 aliphatic heterocycles. The molecule has 0 spiro atoms. The van der Waals surface area contributed by atoms with Gasteiger partial charge in [0.15, 0.2) is 0 Å². The van der Waals surface area contributed by atoms with Crippen molar-refractivity contribution in [3.05, 3.63) is 28.2 Å². The number of ether oxygens (including phenoxy) is 1. The fourth-order valence-electron chi connectivity index (χ4n) is 2.49. The maximum Gasteiger partial charge on any atom is 0.122 e. The van der Waals surface area contributed by atoms with Crippen LogP contribution in [-0.4, -0.2) is 20.2 Å². The summed E-state index contributed by atoms with van der Waals surface area (Å²) in [6.07, 6.45) is 3.40. The van der Waals surface area contributed by atoms with E-state index in [0.29, 0.717) is 5.41 Å². The van der Waals surface area contributed by atoms with Gasteiger partial charge in [-0.25, -0.2) is 0 Å². The van der Waals surface area contributed by atoms with Crippen molar-refractivity contribution < 1.29 is 4.74 Å². The molecule has 0 unspecified atom stereocenters. The molecule has 0 atom stereocenters. The zero-order chi connectivity index (χ0) is 14.3. The van der Waals surface area contributed by atoms with E-state index in [2.05, 4.69) is 48.1 Å². The lowest BCUT2D eigenvalue weighted by molar-refractivity contribution is 0.245. The minimum absolute atomic E-state index is 0.310. The summed E-state index contributed by atoms with van der Waals surface area (Å²) in [5, 5.41) is 3.51. The molecule has 0 bridgehead atoms. The Hall–Kier alpha value is -0.540. The van der Waals surface area contributed by atoms with Crippen molar-refractivity contribution in [2.45, 2.75) is 40.0 Å². The van der Waals surface area contributed by atoms with Crippen LogP contribution in [0.4, 0.5) is 0 Å². The number of hydrogen-bond donors (Lipinski definition) is 1. The van der Waals surface area contributed by atoms with E-state index in [4.69, 9.17) is 4.74 Å². The number of nitrogens with one attached hydrogen (secondary N) is 1. The van der Waals surface area contributed by atoms with Crippen LogP contribution < -0.4 is 10.1 Å². The average Bonchev–Trinajstić information content (AvgIpc) is 2.44. The number of rotatable bonds is 8. The van der Waals surface area contributed by atoms with Crippen molar-refractivity contribution in [3.63, 3.8) is 0 Å². The lowest BCUT2D eigenvalue weighted by Gasteiger charge is -2.32. The summed E-state index contributed by atoms with van der Waals surface area (Å²) in [6.45, 7) is 8.82. The van der Waals surface area contributed by atoms with Gasteiger partial charge in [-0.3, -0.25) is 0 Å². The van der Waals surface area contributed by atoms with E-state index in [1.54, 1.807) is 7.11 Å². The van der Waals surface area contributed by atoms with Crippen molar-refractivity contribution in [1.82, 2.24) is 5.32 Å². The second-order valence-corrected chi connectivity index (χ2v) is 6.04. The van der Waals surface area contributed by atoms with Gasteiger partial charge in [0, 0.05) is 11.0 Å². The molecular formula is C16H26BrNO. The van der Waals surface area contributed by atoms with Crippen LogP contribution in [0.15, 0.2) is 22.7 Å². The molecule has 0 aromatic heterocycles. The van der Waals surface area contributed by atoms with Crippen LogP contribution in [-0.2, 0) is 6.42 Å². The van der Waals surface area contributed by atoms with Crippen molar-refractivity contribution in [3.8, 4) is 5.75 Å². The molecule has 0 aliphatic carbocycles. The summed E-state index contributed by atoms with van der Waals surface area (Å²) < 4.78 is 6.62. The molecule has 0 saturated carbocycles. The highest BCUT2D eigenvalue weighted by molar-refractivity contribution is 9.10. The Bertz CT molecular complexity index is 388. The van der Waals surface area contributed by atoms with Gasteiger partial charge in [0.25, 0.3) is 0 Å². The van der Waals surface area contributed by atoms with Crippen LogP contribution in [0.1, 0.15) is 39.2 Å². The van der Waals surface area contributed by atoms with E-state index >= 15 is 0 Å². The summed E-state index contributed by atoms with van der Waals surface area (Å²) in [7, 11) is 1.75. The van der Waals surface area contributed by atoms with Crippen molar-refractivity contribution in [1.29, 1.82) is 0 Å². The fraction of sp³-hybridized carbons (Fsp3) is 0.625. The molecule has 1 aromatic rings. The normalized spacial score (nSPS) is 11.6. The fourth-order valence-corrected chi connectivity index (χ4v) is 2.90. The largest absolute Gasteiger partial charge is 0.496 e. The van der Waals surface area contributed by atoms with E-state index in [9.17, 15) is 0 Å². The van der Waals surface area contributed by atoms with E-state index in [1.165, 1.54) is 18.4 Å². The quantitative estimate of drug-likeness (QED) is 0.763. The standard InChI is InChI=1S/C16H26BrNO/c1-5-16(6-2,12-18-7-3)11-13-10-14(17)8-9-15(13)19-4/h8-10,18H,5-7,11-12H2,1-4H3. The summed E-state index contributed by atoms with van der Waals surface area (Å²) in [6, 6.07) is 6.26. The highest BCUT2D eigenvalue weighted by Gasteiger charge is 2.27. The van der Waals surface area contributed by atoms with Gasteiger partial charge in [0.05, 0.1) is 7.11 Å². The molecule has 1 rings (SSSR count). The first kappa shape index (κ1) is 16.5. The molecule has 0 saturated heterocycles. The molecule has 1 aromatic carbocycles. The Kier molecular flexibility index (Phi) is 6.87. The summed E-state index contributed by atoms with van der Waals surface area (Å²) in [4.78, 5) is 0. The Labute approximate surface area is 126 Å². The first-order valence-corrected chi connectivity index (χ1v) is 7.93. The Balaban J connectivity index is 2.98. The number of benzene rings is 1. The molecule has 0 aliphatic rings. The predicted molar refractivity (Wildman–Crippen MR) is 86.0 cm³/mol. The van der Waals surface area contributed by atoms with Crippen LogP contribution in [0, 0.1) is 5.41 Å². The van der Waals surface area contributed by atoms with Gasteiger partial charge in [0.1, 0.15) is 5.75 Å². The van der Waals surface area contributed by atoms with Gasteiger partial charge in [-0.05, 0) is 55.0 Å². The molecule has 0 radical (unpaired) electrons. The number of halogens is 1. The lowest BCUT2D eigenvalue weighted by atomic mass is 9.76. The summed E-state index contributed by atoms with van der Waals surface area (Å²) in [5.41, 5.74) is 1.60. The van der Waals surface area contributed by atoms with Crippen molar-refractivity contribution in [2.24, 2.45) is 5.41 Å². The second-order valence-electron chi connectivity index (χ2n) is 5.12. The second kappa shape index (κ2) is 7.91. The first-order chi connectivity index (χ1) is 9.10. The zero-order valence-electron chi connectivity index (χ0n) is 12.6. The molecule has 0 heterocycles. The third-order valence-electron chi connectivity index (χ3n) is 4.06. The van der Waals surface area contributed by atoms with E-state index < -0.39 is 0 Å². The smallest absolute Gasteiger partial charge is 0.122 e. The van der Waals surface area contributed by atoms with Gasteiger partial charge in [-0.2, -0.15) is 0 Å². The van der Waals surface area contributed by atoms with Crippen LogP contribution in [0.3, 0.4) is 0 Å². The van der Waals surface area contributed by atoms with Gasteiger partial charge in [-0.1, -0.05) is 36.7 Å². The molecule has 3 heteroatoms. The molecule has 2 nitrogen and oxygen atoms in total. The third-order valence-corrected chi connectivity index (χ3v) is 4.55. The van der Waals surface area contributed by atoms with Crippen LogP contribution in [0.5, 0.6) is 5.75 Å². The Morgan fingerprint density at radius 3 is 2.42 bits per heavy atom. The van der Waals surface area contributed by atoms with Crippen LogP contribution >= 0.6 is 15.9 Å². The van der Waals surface area contributed by atoms with Crippen molar-refractivity contribution in [2.75, 3.05) is 20.2 Å².